The standard InChI is InChI=1S/C12H16F2N2OS/c1-16(4-3-5-18-2)12(17)8-6-11(15)10(14)7-9(8)13/h6-7H,3-5,15H2,1-2H3. The second kappa shape index (κ2) is 6.58. The van der Waals surface area contributed by atoms with Crippen LogP contribution in [0.4, 0.5) is 14.5 Å². The molecule has 1 aromatic rings. The maximum Gasteiger partial charge on any atom is 0.256 e. The Balaban J connectivity index is 2.80. The molecule has 0 heterocycles. The Kier molecular flexibility index (Phi) is 5.40. The Labute approximate surface area is 109 Å². The molecule has 0 saturated carbocycles. The van der Waals surface area contributed by atoms with E-state index in [0.717, 1.165) is 18.2 Å². The molecule has 2 N–H and O–H groups in total. The van der Waals surface area contributed by atoms with Crippen LogP contribution in [0.25, 0.3) is 0 Å². The van der Waals surface area contributed by atoms with Gasteiger partial charge in [-0.2, -0.15) is 11.8 Å². The van der Waals surface area contributed by atoms with E-state index in [2.05, 4.69) is 0 Å². The first-order chi connectivity index (χ1) is 8.47. The highest BCUT2D eigenvalue weighted by atomic mass is 32.2. The number of anilines is 1. The third kappa shape index (κ3) is 3.60. The van der Waals surface area contributed by atoms with E-state index in [-0.39, 0.29) is 11.3 Å². The Bertz CT molecular complexity index is 440. The molecule has 0 radical (unpaired) electrons. The van der Waals surface area contributed by atoms with Crippen LogP contribution in [-0.2, 0) is 0 Å². The summed E-state index contributed by atoms with van der Waals surface area (Å²) in [6.07, 6.45) is 2.80. The molecule has 0 unspecified atom stereocenters. The SMILES string of the molecule is CSCCCN(C)C(=O)c1cc(N)c(F)cc1F. The fourth-order valence-corrected chi connectivity index (χ4v) is 1.90. The Hall–Kier alpha value is -1.30. The smallest absolute Gasteiger partial charge is 0.256 e. The number of nitrogens with two attached hydrogens (primary N) is 1. The second-order valence-electron chi connectivity index (χ2n) is 3.93. The summed E-state index contributed by atoms with van der Waals surface area (Å²) in [6, 6.07) is 1.68. The molecule has 0 fully saturated rings. The number of thioether (sulfide) groups is 1. The fourth-order valence-electron chi connectivity index (χ4n) is 1.48. The number of amides is 1. The molecule has 1 rings (SSSR count). The Morgan fingerprint density at radius 3 is 2.67 bits per heavy atom. The van der Waals surface area contributed by atoms with Crippen molar-refractivity contribution < 1.29 is 13.6 Å². The van der Waals surface area contributed by atoms with Crippen LogP contribution in [0.5, 0.6) is 0 Å². The van der Waals surface area contributed by atoms with Gasteiger partial charge in [0.1, 0.15) is 11.6 Å². The molecule has 18 heavy (non-hydrogen) atoms. The van der Waals surface area contributed by atoms with Gasteiger partial charge >= 0.3 is 0 Å². The van der Waals surface area contributed by atoms with E-state index in [4.69, 9.17) is 5.73 Å². The quantitative estimate of drug-likeness (QED) is 0.662. The van der Waals surface area contributed by atoms with E-state index in [1.165, 1.54) is 4.90 Å². The molecule has 1 aromatic carbocycles. The van der Waals surface area contributed by atoms with Gasteiger partial charge in [-0.05, 0) is 24.5 Å². The lowest BCUT2D eigenvalue weighted by Crippen LogP contribution is -2.29. The van der Waals surface area contributed by atoms with Crippen molar-refractivity contribution in [3.8, 4) is 0 Å². The van der Waals surface area contributed by atoms with E-state index < -0.39 is 17.5 Å². The maximum absolute atomic E-state index is 13.5. The van der Waals surface area contributed by atoms with Gasteiger partial charge in [0.2, 0.25) is 0 Å². The van der Waals surface area contributed by atoms with Crippen molar-refractivity contribution in [1.29, 1.82) is 0 Å². The van der Waals surface area contributed by atoms with Crippen LogP contribution in [0.15, 0.2) is 12.1 Å². The van der Waals surface area contributed by atoms with Gasteiger partial charge in [0.25, 0.3) is 5.91 Å². The van der Waals surface area contributed by atoms with Crippen LogP contribution in [-0.4, -0.2) is 36.4 Å². The van der Waals surface area contributed by atoms with Crippen LogP contribution in [0, 0.1) is 11.6 Å². The van der Waals surface area contributed by atoms with E-state index >= 15 is 0 Å². The predicted molar refractivity (Wildman–Crippen MR) is 70.7 cm³/mol. The summed E-state index contributed by atoms with van der Waals surface area (Å²) in [5, 5.41) is 0. The summed E-state index contributed by atoms with van der Waals surface area (Å²) in [5.74, 6) is -1.30. The number of carbonyl (C=O) groups excluding carboxylic acids is 1. The number of rotatable bonds is 5. The fraction of sp³-hybridized carbons (Fsp3) is 0.417. The molecule has 0 bridgehead atoms. The van der Waals surface area contributed by atoms with Gasteiger partial charge in [-0.15, -0.1) is 0 Å². The topological polar surface area (TPSA) is 46.3 Å². The van der Waals surface area contributed by atoms with Gasteiger partial charge in [-0.1, -0.05) is 0 Å². The molecule has 6 heteroatoms. The lowest BCUT2D eigenvalue weighted by Gasteiger charge is -2.17. The summed E-state index contributed by atoms with van der Waals surface area (Å²) in [6.45, 7) is 0.524. The number of hydrogen-bond donors (Lipinski definition) is 1. The van der Waals surface area contributed by atoms with Gasteiger partial charge in [0.15, 0.2) is 0 Å². The number of hydrogen-bond acceptors (Lipinski definition) is 3. The molecular formula is C12H16F2N2OS. The van der Waals surface area contributed by atoms with Crippen molar-refractivity contribution in [3.05, 3.63) is 29.3 Å². The lowest BCUT2D eigenvalue weighted by molar-refractivity contribution is 0.0791. The Morgan fingerprint density at radius 2 is 2.06 bits per heavy atom. The monoisotopic (exact) mass is 274 g/mol. The number of nitrogens with zero attached hydrogens (tertiary/aromatic N) is 1. The molecule has 1 amide bonds. The summed E-state index contributed by atoms with van der Waals surface area (Å²) in [4.78, 5) is 13.3. The summed E-state index contributed by atoms with van der Waals surface area (Å²) < 4.78 is 26.5. The molecule has 100 valence electrons. The van der Waals surface area contributed by atoms with Gasteiger partial charge in [-0.25, -0.2) is 8.78 Å². The van der Waals surface area contributed by atoms with E-state index in [0.29, 0.717) is 12.6 Å². The molecule has 0 aliphatic carbocycles. The first-order valence-corrected chi connectivity index (χ1v) is 6.85. The average molecular weight is 274 g/mol. The zero-order chi connectivity index (χ0) is 13.7. The largest absolute Gasteiger partial charge is 0.396 e. The van der Waals surface area contributed by atoms with Gasteiger partial charge in [-0.3, -0.25) is 4.79 Å². The van der Waals surface area contributed by atoms with Crippen molar-refractivity contribution in [2.75, 3.05) is 31.3 Å². The molecule has 0 atom stereocenters. The van der Waals surface area contributed by atoms with Crippen molar-refractivity contribution in [3.63, 3.8) is 0 Å². The van der Waals surface area contributed by atoms with E-state index in [1.54, 1.807) is 18.8 Å². The van der Waals surface area contributed by atoms with Gasteiger partial charge in [0, 0.05) is 19.7 Å². The van der Waals surface area contributed by atoms with Gasteiger partial charge < -0.3 is 10.6 Å². The highest BCUT2D eigenvalue weighted by Gasteiger charge is 2.18. The van der Waals surface area contributed by atoms with Crippen molar-refractivity contribution >= 4 is 23.4 Å². The Morgan fingerprint density at radius 1 is 1.39 bits per heavy atom. The number of nitrogen functional groups attached to an aromatic ring is 1. The van der Waals surface area contributed by atoms with Gasteiger partial charge in [0.05, 0.1) is 11.3 Å². The summed E-state index contributed by atoms with van der Waals surface area (Å²) in [7, 11) is 1.58. The van der Waals surface area contributed by atoms with Crippen LogP contribution < -0.4 is 5.73 Å². The number of carbonyl (C=O) groups is 1. The third-order valence-electron chi connectivity index (χ3n) is 2.51. The molecule has 0 aliphatic heterocycles. The minimum Gasteiger partial charge on any atom is -0.396 e. The van der Waals surface area contributed by atoms with Crippen LogP contribution in [0.2, 0.25) is 0 Å². The minimum atomic E-state index is -0.886. The van der Waals surface area contributed by atoms with E-state index in [9.17, 15) is 13.6 Å². The van der Waals surface area contributed by atoms with Crippen molar-refractivity contribution in [1.82, 2.24) is 4.90 Å². The summed E-state index contributed by atoms with van der Waals surface area (Å²) >= 11 is 1.68. The molecule has 0 aliphatic rings. The normalized spacial score (nSPS) is 10.4. The average Bonchev–Trinajstić information content (AvgIpc) is 2.33. The zero-order valence-electron chi connectivity index (χ0n) is 10.4. The highest BCUT2D eigenvalue weighted by Crippen LogP contribution is 2.18. The predicted octanol–water partition coefficient (Wildman–Crippen LogP) is 2.37. The maximum atomic E-state index is 13.5. The third-order valence-corrected chi connectivity index (χ3v) is 3.20. The number of benzene rings is 1. The molecule has 3 nitrogen and oxygen atoms in total. The lowest BCUT2D eigenvalue weighted by atomic mass is 10.1. The second-order valence-corrected chi connectivity index (χ2v) is 4.91. The van der Waals surface area contributed by atoms with Crippen molar-refractivity contribution in [2.45, 2.75) is 6.42 Å². The zero-order valence-corrected chi connectivity index (χ0v) is 11.2. The molecule has 0 aromatic heterocycles. The highest BCUT2D eigenvalue weighted by molar-refractivity contribution is 7.98. The van der Waals surface area contributed by atoms with Crippen molar-refractivity contribution in [2.24, 2.45) is 0 Å². The molecule has 0 spiro atoms. The number of halogens is 2. The first-order valence-electron chi connectivity index (χ1n) is 5.46. The summed E-state index contributed by atoms with van der Waals surface area (Å²) in [5.41, 5.74) is 4.91. The first kappa shape index (κ1) is 14.8. The molecule has 0 saturated heterocycles. The minimum absolute atomic E-state index is 0.194. The molecular weight excluding hydrogens is 258 g/mol. The van der Waals surface area contributed by atoms with Crippen LogP contribution >= 0.6 is 11.8 Å². The van der Waals surface area contributed by atoms with E-state index in [1.807, 2.05) is 6.26 Å². The van der Waals surface area contributed by atoms with Crippen LogP contribution in [0.3, 0.4) is 0 Å². The van der Waals surface area contributed by atoms with Crippen LogP contribution in [0.1, 0.15) is 16.8 Å².